The summed E-state index contributed by atoms with van der Waals surface area (Å²) in [5.41, 5.74) is 0.250. The van der Waals surface area contributed by atoms with Crippen molar-refractivity contribution in [3.05, 3.63) is 35.4 Å². The smallest absolute Gasteiger partial charge is 0.191 e. The van der Waals surface area contributed by atoms with E-state index < -0.39 is 11.6 Å². The first-order valence-corrected chi connectivity index (χ1v) is 7.69. The van der Waals surface area contributed by atoms with E-state index >= 15 is 0 Å². The van der Waals surface area contributed by atoms with Crippen LogP contribution < -0.4 is 10.6 Å². The predicted octanol–water partition coefficient (Wildman–Crippen LogP) is 2.44. The molecule has 2 unspecified atom stereocenters. The average molecular weight is 455 g/mol. The zero-order valence-corrected chi connectivity index (χ0v) is 16.2. The summed E-state index contributed by atoms with van der Waals surface area (Å²) in [5.74, 6) is -0.411. The molecule has 0 aliphatic carbocycles. The van der Waals surface area contributed by atoms with Crippen molar-refractivity contribution < 1.29 is 18.3 Å². The highest BCUT2D eigenvalue weighted by Crippen LogP contribution is 2.09. The molecule has 1 aliphatic rings. The lowest BCUT2D eigenvalue weighted by Crippen LogP contribution is -2.44. The van der Waals surface area contributed by atoms with E-state index in [1.54, 1.807) is 7.05 Å². The Hall–Kier alpha value is -1.00. The van der Waals surface area contributed by atoms with Crippen molar-refractivity contribution in [2.45, 2.75) is 32.0 Å². The quantitative estimate of drug-likeness (QED) is 0.393. The standard InChI is InChI=1S/C16H23F2N3O2.HI/c1-11(9-23-14-5-6-22-10-14)21-16(19-2)20-8-12-7-13(17)3-4-15(12)18;/h3-4,7,11,14H,5-6,8-10H2,1-2H3,(H2,19,20,21);1H. The number of ether oxygens (including phenoxy) is 2. The van der Waals surface area contributed by atoms with Crippen molar-refractivity contribution in [2.24, 2.45) is 4.99 Å². The maximum Gasteiger partial charge on any atom is 0.191 e. The highest BCUT2D eigenvalue weighted by Gasteiger charge is 2.17. The van der Waals surface area contributed by atoms with E-state index in [4.69, 9.17) is 9.47 Å². The number of guanidine groups is 1. The second-order valence-corrected chi connectivity index (χ2v) is 5.53. The van der Waals surface area contributed by atoms with Gasteiger partial charge in [0.25, 0.3) is 0 Å². The average Bonchev–Trinajstić information content (AvgIpc) is 3.05. The molecule has 0 aromatic heterocycles. The Bertz CT molecular complexity index is 540. The molecule has 0 bridgehead atoms. The Kier molecular flexibility index (Phi) is 9.45. The SMILES string of the molecule is CN=C(NCc1cc(F)ccc1F)NC(C)COC1CCOC1.I. The van der Waals surface area contributed by atoms with Crippen LogP contribution >= 0.6 is 24.0 Å². The first-order valence-electron chi connectivity index (χ1n) is 7.69. The number of nitrogens with one attached hydrogen (secondary N) is 2. The van der Waals surface area contributed by atoms with E-state index in [2.05, 4.69) is 15.6 Å². The van der Waals surface area contributed by atoms with E-state index in [0.717, 1.165) is 25.2 Å². The number of hydrogen-bond donors (Lipinski definition) is 2. The number of aliphatic imine (C=N–C) groups is 1. The summed E-state index contributed by atoms with van der Waals surface area (Å²) in [7, 11) is 1.62. The number of hydrogen-bond acceptors (Lipinski definition) is 3. The van der Waals surface area contributed by atoms with Crippen LogP contribution in [0.25, 0.3) is 0 Å². The van der Waals surface area contributed by atoms with Gasteiger partial charge in [0, 0.05) is 31.8 Å². The van der Waals surface area contributed by atoms with Gasteiger partial charge in [0.05, 0.1) is 19.3 Å². The molecule has 1 saturated heterocycles. The van der Waals surface area contributed by atoms with Crippen LogP contribution in [0.3, 0.4) is 0 Å². The van der Waals surface area contributed by atoms with E-state index in [1.807, 2.05) is 6.92 Å². The molecular weight excluding hydrogens is 431 g/mol. The Morgan fingerprint density at radius 1 is 1.46 bits per heavy atom. The summed E-state index contributed by atoms with van der Waals surface area (Å²) in [6.45, 7) is 4.01. The lowest BCUT2D eigenvalue weighted by Gasteiger charge is -2.19. The number of benzene rings is 1. The number of rotatable bonds is 6. The molecule has 0 saturated carbocycles. The van der Waals surface area contributed by atoms with Gasteiger partial charge in [-0.2, -0.15) is 0 Å². The minimum Gasteiger partial charge on any atom is -0.379 e. The molecule has 0 amide bonds. The van der Waals surface area contributed by atoms with Gasteiger partial charge in [0.1, 0.15) is 11.6 Å². The third-order valence-corrected chi connectivity index (χ3v) is 3.53. The molecule has 1 fully saturated rings. The molecular formula is C16H24F2IN3O2. The van der Waals surface area contributed by atoms with Gasteiger partial charge in [0.15, 0.2) is 5.96 Å². The fourth-order valence-corrected chi connectivity index (χ4v) is 2.25. The van der Waals surface area contributed by atoms with Crippen LogP contribution in [-0.4, -0.2) is 45.0 Å². The van der Waals surface area contributed by atoms with Crippen LogP contribution in [0.1, 0.15) is 18.9 Å². The zero-order valence-electron chi connectivity index (χ0n) is 13.9. The summed E-state index contributed by atoms with van der Waals surface area (Å²) in [6, 6.07) is 3.40. The largest absolute Gasteiger partial charge is 0.379 e. The van der Waals surface area contributed by atoms with Crippen LogP contribution in [0.2, 0.25) is 0 Å². The first-order chi connectivity index (χ1) is 11.1. The van der Waals surface area contributed by atoms with E-state index in [-0.39, 0.29) is 48.2 Å². The number of nitrogens with zero attached hydrogens (tertiary/aromatic N) is 1. The molecule has 1 aromatic carbocycles. The van der Waals surface area contributed by atoms with Crippen LogP contribution in [-0.2, 0) is 16.0 Å². The minimum absolute atomic E-state index is 0. The van der Waals surface area contributed by atoms with Gasteiger partial charge in [-0.15, -0.1) is 24.0 Å². The van der Waals surface area contributed by atoms with Gasteiger partial charge in [-0.25, -0.2) is 8.78 Å². The van der Waals surface area contributed by atoms with E-state index in [0.29, 0.717) is 19.2 Å². The molecule has 1 heterocycles. The maximum atomic E-state index is 13.6. The maximum absolute atomic E-state index is 13.6. The molecule has 2 rings (SSSR count). The van der Waals surface area contributed by atoms with Crippen LogP contribution in [0.15, 0.2) is 23.2 Å². The van der Waals surface area contributed by atoms with Gasteiger partial charge < -0.3 is 20.1 Å². The molecule has 1 aromatic rings. The topological polar surface area (TPSA) is 54.9 Å². The third kappa shape index (κ3) is 6.86. The molecule has 1 aliphatic heterocycles. The fourth-order valence-electron chi connectivity index (χ4n) is 2.25. The molecule has 136 valence electrons. The lowest BCUT2D eigenvalue weighted by atomic mass is 10.2. The Morgan fingerprint density at radius 3 is 2.92 bits per heavy atom. The normalized spacial score (nSPS) is 18.8. The van der Waals surface area contributed by atoms with Crippen LogP contribution in [0.5, 0.6) is 0 Å². The van der Waals surface area contributed by atoms with Gasteiger partial charge >= 0.3 is 0 Å². The van der Waals surface area contributed by atoms with E-state index in [9.17, 15) is 8.78 Å². The van der Waals surface area contributed by atoms with Crippen molar-refractivity contribution in [3.63, 3.8) is 0 Å². The van der Waals surface area contributed by atoms with Crippen LogP contribution in [0, 0.1) is 11.6 Å². The first kappa shape index (κ1) is 21.0. The third-order valence-electron chi connectivity index (χ3n) is 3.53. The predicted molar refractivity (Wildman–Crippen MR) is 99.7 cm³/mol. The highest BCUT2D eigenvalue weighted by atomic mass is 127. The molecule has 24 heavy (non-hydrogen) atoms. The second kappa shape index (κ2) is 10.8. The fraction of sp³-hybridized carbons (Fsp3) is 0.562. The molecule has 5 nitrogen and oxygen atoms in total. The van der Waals surface area contributed by atoms with Crippen LogP contribution in [0.4, 0.5) is 8.78 Å². The molecule has 0 spiro atoms. The van der Waals surface area contributed by atoms with Crippen molar-refractivity contribution in [1.82, 2.24) is 10.6 Å². The van der Waals surface area contributed by atoms with Gasteiger partial charge in [-0.3, -0.25) is 4.99 Å². The number of halogens is 3. The summed E-state index contributed by atoms with van der Waals surface area (Å²) >= 11 is 0. The molecule has 2 atom stereocenters. The van der Waals surface area contributed by atoms with Gasteiger partial charge in [-0.05, 0) is 31.5 Å². The monoisotopic (exact) mass is 455 g/mol. The zero-order chi connectivity index (χ0) is 16.7. The second-order valence-electron chi connectivity index (χ2n) is 5.53. The Morgan fingerprint density at radius 2 is 2.25 bits per heavy atom. The van der Waals surface area contributed by atoms with Crippen molar-refractivity contribution in [3.8, 4) is 0 Å². The van der Waals surface area contributed by atoms with Gasteiger partial charge in [0.2, 0.25) is 0 Å². The Balaban J connectivity index is 0.00000288. The van der Waals surface area contributed by atoms with E-state index in [1.165, 1.54) is 6.07 Å². The van der Waals surface area contributed by atoms with Crippen molar-refractivity contribution >= 4 is 29.9 Å². The summed E-state index contributed by atoms with van der Waals surface area (Å²) in [4.78, 5) is 4.07. The van der Waals surface area contributed by atoms with Crippen molar-refractivity contribution in [2.75, 3.05) is 26.9 Å². The summed E-state index contributed by atoms with van der Waals surface area (Å²) in [6.07, 6.45) is 1.06. The minimum atomic E-state index is -0.466. The summed E-state index contributed by atoms with van der Waals surface area (Å²) < 4.78 is 37.7. The molecule has 8 heteroatoms. The summed E-state index contributed by atoms with van der Waals surface area (Å²) in [5, 5.41) is 6.12. The highest BCUT2D eigenvalue weighted by molar-refractivity contribution is 14.0. The lowest BCUT2D eigenvalue weighted by molar-refractivity contribution is 0.0347. The van der Waals surface area contributed by atoms with Crippen molar-refractivity contribution in [1.29, 1.82) is 0 Å². The molecule has 2 N–H and O–H groups in total. The van der Waals surface area contributed by atoms with Gasteiger partial charge in [-0.1, -0.05) is 0 Å². The Labute approximate surface area is 158 Å². The molecule has 0 radical (unpaired) electrons.